The Morgan fingerprint density at radius 1 is 1.06 bits per heavy atom. The molecule has 1 saturated heterocycles. The van der Waals surface area contributed by atoms with Crippen LogP contribution >= 0.6 is 11.6 Å². The van der Waals surface area contributed by atoms with Crippen molar-refractivity contribution < 1.29 is 9.59 Å². The van der Waals surface area contributed by atoms with Gasteiger partial charge in [-0.15, -0.1) is 11.6 Å². The van der Waals surface area contributed by atoms with Gasteiger partial charge < -0.3 is 0 Å². The Bertz CT molecular complexity index is 271. The largest absolute Gasteiger partial charge is 0.282 e. The number of carbonyl (C=O) groups is 2. The first kappa shape index (κ1) is 11.9. The van der Waals surface area contributed by atoms with Crippen LogP contribution in [-0.2, 0) is 9.59 Å². The van der Waals surface area contributed by atoms with E-state index in [1.54, 1.807) is 0 Å². The Labute approximate surface area is 101 Å². The van der Waals surface area contributed by atoms with E-state index >= 15 is 0 Å². The first-order chi connectivity index (χ1) is 7.75. The highest BCUT2D eigenvalue weighted by atomic mass is 35.5. The standard InChI is InChI=1S/C12H18ClNO2/c13-7-2-1-3-8-14-11(15)9-5-4-6-10(9)12(14)16/h9-10H,1-8H2. The molecule has 1 aliphatic heterocycles. The van der Waals surface area contributed by atoms with Crippen LogP contribution in [0.25, 0.3) is 0 Å². The zero-order chi connectivity index (χ0) is 11.5. The van der Waals surface area contributed by atoms with Gasteiger partial charge in [-0.05, 0) is 25.7 Å². The summed E-state index contributed by atoms with van der Waals surface area (Å²) in [6, 6.07) is 0. The lowest BCUT2D eigenvalue weighted by atomic mass is 10.00. The minimum absolute atomic E-state index is 0.0144. The van der Waals surface area contributed by atoms with Gasteiger partial charge in [0, 0.05) is 12.4 Å². The number of alkyl halides is 1. The van der Waals surface area contributed by atoms with Crippen molar-refractivity contribution in [3.63, 3.8) is 0 Å². The second kappa shape index (κ2) is 5.17. The van der Waals surface area contributed by atoms with E-state index < -0.39 is 0 Å². The molecule has 4 heteroatoms. The molecule has 16 heavy (non-hydrogen) atoms. The van der Waals surface area contributed by atoms with E-state index in [2.05, 4.69) is 0 Å². The quantitative estimate of drug-likeness (QED) is 0.422. The number of halogens is 1. The molecular formula is C12H18ClNO2. The molecule has 90 valence electrons. The molecule has 1 aliphatic carbocycles. The monoisotopic (exact) mass is 243 g/mol. The molecule has 1 saturated carbocycles. The van der Waals surface area contributed by atoms with E-state index in [1.165, 1.54) is 4.90 Å². The molecule has 0 aromatic rings. The van der Waals surface area contributed by atoms with Gasteiger partial charge in [-0.3, -0.25) is 14.5 Å². The van der Waals surface area contributed by atoms with Crippen molar-refractivity contribution >= 4 is 23.4 Å². The summed E-state index contributed by atoms with van der Waals surface area (Å²) in [5, 5.41) is 0. The van der Waals surface area contributed by atoms with Crippen molar-refractivity contribution in [2.75, 3.05) is 12.4 Å². The fraction of sp³-hybridized carbons (Fsp3) is 0.833. The van der Waals surface area contributed by atoms with E-state index in [9.17, 15) is 9.59 Å². The first-order valence-electron chi connectivity index (χ1n) is 6.17. The fourth-order valence-electron chi connectivity index (χ4n) is 2.82. The molecule has 2 fully saturated rings. The Balaban J connectivity index is 1.86. The lowest BCUT2D eigenvalue weighted by molar-refractivity contribution is -0.140. The minimum Gasteiger partial charge on any atom is -0.282 e. The van der Waals surface area contributed by atoms with Gasteiger partial charge in [-0.2, -0.15) is 0 Å². The van der Waals surface area contributed by atoms with Crippen LogP contribution in [0.4, 0.5) is 0 Å². The number of carbonyl (C=O) groups excluding carboxylic acids is 2. The summed E-state index contributed by atoms with van der Waals surface area (Å²) in [6.45, 7) is 0.599. The first-order valence-corrected chi connectivity index (χ1v) is 6.70. The van der Waals surface area contributed by atoms with E-state index in [-0.39, 0.29) is 23.7 Å². The van der Waals surface area contributed by atoms with Gasteiger partial charge in [0.2, 0.25) is 11.8 Å². The normalized spacial score (nSPS) is 28.9. The highest BCUT2D eigenvalue weighted by molar-refractivity contribution is 6.17. The maximum Gasteiger partial charge on any atom is 0.233 e. The van der Waals surface area contributed by atoms with Crippen LogP contribution in [0.2, 0.25) is 0 Å². The molecule has 2 unspecified atom stereocenters. The number of nitrogens with zero attached hydrogens (tertiary/aromatic N) is 1. The number of hydrogen-bond donors (Lipinski definition) is 0. The zero-order valence-electron chi connectivity index (χ0n) is 9.45. The lowest BCUT2D eigenvalue weighted by Gasteiger charge is -2.15. The van der Waals surface area contributed by atoms with Gasteiger partial charge in [-0.1, -0.05) is 12.8 Å². The molecule has 0 N–H and O–H groups in total. The molecule has 0 bridgehead atoms. The number of likely N-dealkylation sites (tertiary alicyclic amines) is 1. The van der Waals surface area contributed by atoms with Crippen LogP contribution in [-0.4, -0.2) is 29.1 Å². The van der Waals surface area contributed by atoms with Crippen LogP contribution in [0.3, 0.4) is 0 Å². The second-order valence-electron chi connectivity index (χ2n) is 4.72. The molecule has 2 atom stereocenters. The van der Waals surface area contributed by atoms with E-state index in [1.807, 2.05) is 0 Å². The molecule has 3 nitrogen and oxygen atoms in total. The summed E-state index contributed by atoms with van der Waals surface area (Å²) in [6.07, 6.45) is 5.71. The third-order valence-electron chi connectivity index (χ3n) is 3.70. The Kier molecular flexibility index (Phi) is 3.85. The Morgan fingerprint density at radius 2 is 1.69 bits per heavy atom. The maximum absolute atomic E-state index is 11.9. The van der Waals surface area contributed by atoms with Crippen molar-refractivity contribution in [3.05, 3.63) is 0 Å². The van der Waals surface area contributed by atoms with Crippen LogP contribution in [0, 0.1) is 11.8 Å². The molecule has 0 radical (unpaired) electrons. The molecular weight excluding hydrogens is 226 g/mol. The highest BCUT2D eigenvalue weighted by Crippen LogP contribution is 2.39. The summed E-state index contributed by atoms with van der Waals surface area (Å²) in [7, 11) is 0. The molecule has 0 aromatic carbocycles. The van der Waals surface area contributed by atoms with Gasteiger partial charge in [0.15, 0.2) is 0 Å². The number of amides is 2. The fourth-order valence-corrected chi connectivity index (χ4v) is 3.01. The van der Waals surface area contributed by atoms with Gasteiger partial charge in [0.05, 0.1) is 11.8 Å². The van der Waals surface area contributed by atoms with Gasteiger partial charge in [0.25, 0.3) is 0 Å². The van der Waals surface area contributed by atoms with Crippen molar-refractivity contribution in [2.45, 2.75) is 38.5 Å². The number of fused-ring (bicyclic) bond motifs is 1. The average Bonchev–Trinajstić information content (AvgIpc) is 2.83. The number of imide groups is 1. The molecule has 2 rings (SSSR count). The van der Waals surface area contributed by atoms with Crippen molar-refractivity contribution in [1.82, 2.24) is 4.90 Å². The van der Waals surface area contributed by atoms with Crippen LogP contribution in [0.1, 0.15) is 38.5 Å². The van der Waals surface area contributed by atoms with Crippen LogP contribution in [0.5, 0.6) is 0 Å². The summed E-state index contributed by atoms with van der Waals surface area (Å²) in [5.74, 6) is 0.852. The average molecular weight is 244 g/mol. The number of hydrogen-bond acceptors (Lipinski definition) is 2. The summed E-state index contributed by atoms with van der Waals surface area (Å²) < 4.78 is 0. The number of rotatable bonds is 5. The lowest BCUT2D eigenvalue weighted by Crippen LogP contribution is -2.32. The molecule has 0 spiro atoms. The van der Waals surface area contributed by atoms with E-state index in [4.69, 9.17) is 11.6 Å². The van der Waals surface area contributed by atoms with E-state index in [0.29, 0.717) is 12.4 Å². The Hall–Kier alpha value is -0.570. The van der Waals surface area contributed by atoms with Crippen molar-refractivity contribution in [1.29, 1.82) is 0 Å². The molecule has 1 heterocycles. The second-order valence-corrected chi connectivity index (χ2v) is 5.10. The van der Waals surface area contributed by atoms with Crippen LogP contribution < -0.4 is 0 Å². The predicted molar refractivity (Wildman–Crippen MR) is 62.1 cm³/mol. The molecule has 2 aliphatic rings. The predicted octanol–water partition coefficient (Wildman–Crippen LogP) is 2.18. The van der Waals surface area contributed by atoms with E-state index in [0.717, 1.165) is 38.5 Å². The third-order valence-corrected chi connectivity index (χ3v) is 3.97. The summed E-state index contributed by atoms with van der Waals surface area (Å²) >= 11 is 5.58. The zero-order valence-corrected chi connectivity index (χ0v) is 10.2. The smallest absolute Gasteiger partial charge is 0.233 e. The molecule has 0 aromatic heterocycles. The minimum atomic E-state index is 0.0144. The van der Waals surface area contributed by atoms with Gasteiger partial charge >= 0.3 is 0 Å². The van der Waals surface area contributed by atoms with Gasteiger partial charge in [-0.25, -0.2) is 0 Å². The summed E-state index contributed by atoms with van der Waals surface area (Å²) in [5.41, 5.74) is 0. The van der Waals surface area contributed by atoms with Crippen molar-refractivity contribution in [3.8, 4) is 0 Å². The maximum atomic E-state index is 11.9. The Morgan fingerprint density at radius 3 is 2.25 bits per heavy atom. The van der Waals surface area contributed by atoms with Gasteiger partial charge in [0.1, 0.15) is 0 Å². The van der Waals surface area contributed by atoms with Crippen molar-refractivity contribution in [2.24, 2.45) is 11.8 Å². The highest BCUT2D eigenvalue weighted by Gasteiger charge is 2.49. The SMILES string of the molecule is O=C1C2CCCC2C(=O)N1CCCCCCl. The number of unbranched alkanes of at least 4 members (excludes halogenated alkanes) is 2. The topological polar surface area (TPSA) is 37.4 Å². The summed E-state index contributed by atoms with van der Waals surface area (Å²) in [4.78, 5) is 25.4. The van der Waals surface area contributed by atoms with Crippen LogP contribution in [0.15, 0.2) is 0 Å². The molecule has 2 amide bonds. The third kappa shape index (κ3) is 2.10.